The molecule has 0 fully saturated rings. The number of amides is 1. The molecule has 0 spiro atoms. The van der Waals surface area contributed by atoms with Crippen molar-refractivity contribution in [2.75, 3.05) is 5.32 Å². The Bertz CT molecular complexity index is 1070. The third-order valence-corrected chi connectivity index (χ3v) is 5.09. The average Bonchev–Trinajstić information content (AvgIpc) is 2.97. The van der Waals surface area contributed by atoms with Crippen molar-refractivity contribution in [2.24, 2.45) is 0 Å². The maximum Gasteiger partial charge on any atom is 0.296 e. The molecule has 29 heavy (non-hydrogen) atoms. The first kappa shape index (κ1) is 19.0. The predicted octanol–water partition coefficient (Wildman–Crippen LogP) is 3.94. The Hall–Kier alpha value is -3.35. The van der Waals surface area contributed by atoms with E-state index in [-0.39, 0.29) is 5.56 Å². The number of ketones is 1. The van der Waals surface area contributed by atoms with Crippen molar-refractivity contribution in [1.29, 1.82) is 0 Å². The van der Waals surface area contributed by atoms with Crippen LogP contribution in [0.5, 0.6) is 0 Å². The molecule has 1 aliphatic heterocycles. The van der Waals surface area contributed by atoms with Crippen molar-refractivity contribution >= 4 is 17.4 Å². The van der Waals surface area contributed by atoms with Gasteiger partial charge in [-0.05, 0) is 38.0 Å². The van der Waals surface area contributed by atoms with Gasteiger partial charge >= 0.3 is 0 Å². The smallest absolute Gasteiger partial charge is 0.296 e. The van der Waals surface area contributed by atoms with Gasteiger partial charge in [0.25, 0.3) is 11.7 Å². The summed E-state index contributed by atoms with van der Waals surface area (Å²) in [6.07, 6.45) is 3.94. The van der Waals surface area contributed by atoms with Crippen molar-refractivity contribution in [3.63, 3.8) is 0 Å². The molecule has 1 N–H and O–H groups in total. The van der Waals surface area contributed by atoms with E-state index in [1.165, 1.54) is 18.2 Å². The van der Waals surface area contributed by atoms with Gasteiger partial charge < -0.3 is 9.88 Å². The molecule has 0 atom stereocenters. The molecule has 1 aliphatic rings. The van der Waals surface area contributed by atoms with Crippen LogP contribution in [0.4, 0.5) is 10.1 Å². The number of carbonyl (C=O) groups excluding carboxylic acids is 2. The minimum absolute atomic E-state index is 0.256. The number of fused-ring (bicyclic) bond motifs is 1. The molecule has 6 nitrogen and oxygen atoms in total. The molecular weight excluding hydrogens is 371 g/mol. The molecule has 3 aromatic rings. The van der Waals surface area contributed by atoms with E-state index >= 15 is 0 Å². The number of nitrogens with one attached hydrogen (secondary N) is 1. The minimum atomic E-state index is -0.772. The van der Waals surface area contributed by atoms with E-state index in [1.54, 1.807) is 24.3 Å². The molecule has 2 aromatic carbocycles. The van der Waals surface area contributed by atoms with Gasteiger partial charge in [-0.15, -0.1) is 10.2 Å². The van der Waals surface area contributed by atoms with Crippen LogP contribution in [0.3, 0.4) is 0 Å². The molecule has 148 valence electrons. The predicted molar refractivity (Wildman–Crippen MR) is 107 cm³/mol. The van der Waals surface area contributed by atoms with E-state index < -0.39 is 17.5 Å². The van der Waals surface area contributed by atoms with Crippen molar-refractivity contribution in [3.05, 3.63) is 65.2 Å². The van der Waals surface area contributed by atoms with Gasteiger partial charge in [0.15, 0.2) is 5.82 Å². The van der Waals surface area contributed by atoms with Gasteiger partial charge in [0.05, 0.1) is 5.56 Å². The highest BCUT2D eigenvalue weighted by atomic mass is 19.1. The van der Waals surface area contributed by atoms with Crippen molar-refractivity contribution in [1.82, 2.24) is 14.8 Å². The monoisotopic (exact) mass is 392 g/mol. The first-order chi connectivity index (χ1) is 14.0. The van der Waals surface area contributed by atoms with E-state index in [0.29, 0.717) is 17.1 Å². The summed E-state index contributed by atoms with van der Waals surface area (Å²) in [7, 11) is 0. The van der Waals surface area contributed by atoms with Gasteiger partial charge in [-0.3, -0.25) is 9.59 Å². The molecule has 7 heteroatoms. The number of carbonyl (C=O) groups is 2. The van der Waals surface area contributed by atoms with Crippen LogP contribution in [0.25, 0.3) is 11.4 Å². The Balaban J connectivity index is 1.59. The maximum absolute atomic E-state index is 14.5. The fraction of sp³-hybridized carbons (Fsp3) is 0.273. The molecule has 1 aromatic heterocycles. The van der Waals surface area contributed by atoms with Crippen molar-refractivity contribution in [3.8, 4) is 11.4 Å². The Morgan fingerprint density at radius 1 is 1.03 bits per heavy atom. The van der Waals surface area contributed by atoms with Crippen molar-refractivity contribution in [2.45, 2.75) is 39.2 Å². The molecule has 0 bridgehead atoms. The van der Waals surface area contributed by atoms with Gasteiger partial charge in [0.2, 0.25) is 0 Å². The van der Waals surface area contributed by atoms with Crippen LogP contribution in [0.2, 0.25) is 0 Å². The summed E-state index contributed by atoms with van der Waals surface area (Å²) in [6, 6.07) is 11.0. The summed E-state index contributed by atoms with van der Waals surface area (Å²) in [5.41, 5.74) is 1.89. The Morgan fingerprint density at radius 2 is 1.83 bits per heavy atom. The van der Waals surface area contributed by atoms with E-state index in [1.807, 2.05) is 11.5 Å². The number of anilines is 1. The van der Waals surface area contributed by atoms with Gasteiger partial charge in [0.1, 0.15) is 11.6 Å². The summed E-state index contributed by atoms with van der Waals surface area (Å²) in [5, 5.41) is 10.9. The second-order valence-corrected chi connectivity index (χ2v) is 7.25. The van der Waals surface area contributed by atoms with E-state index in [2.05, 4.69) is 15.5 Å². The van der Waals surface area contributed by atoms with Crippen LogP contribution >= 0.6 is 0 Å². The Morgan fingerprint density at radius 3 is 2.62 bits per heavy atom. The highest BCUT2D eigenvalue weighted by Gasteiger charge is 2.21. The zero-order chi connectivity index (χ0) is 20.4. The number of hydrogen-bond acceptors (Lipinski definition) is 4. The normalized spacial score (nSPS) is 13.4. The van der Waals surface area contributed by atoms with Gasteiger partial charge in [0, 0.05) is 24.2 Å². The fourth-order valence-electron chi connectivity index (χ4n) is 3.48. The van der Waals surface area contributed by atoms with Crippen LogP contribution in [0.15, 0.2) is 42.5 Å². The number of aromatic nitrogens is 3. The molecule has 0 radical (unpaired) electrons. The molecule has 1 amide bonds. The highest BCUT2D eigenvalue weighted by Crippen LogP contribution is 2.27. The molecular formula is C22H21FN4O2. The summed E-state index contributed by atoms with van der Waals surface area (Å²) >= 11 is 0. The van der Waals surface area contributed by atoms with Crippen LogP contribution in [-0.2, 0) is 17.8 Å². The lowest BCUT2D eigenvalue weighted by molar-refractivity contribution is -0.112. The lowest BCUT2D eigenvalue weighted by Gasteiger charge is -2.10. The quantitative estimate of drug-likeness (QED) is 0.539. The number of rotatable bonds is 4. The number of benzene rings is 2. The first-order valence-electron chi connectivity index (χ1n) is 9.67. The fourth-order valence-corrected chi connectivity index (χ4v) is 3.48. The average molecular weight is 392 g/mol. The third-order valence-electron chi connectivity index (χ3n) is 5.09. The largest absolute Gasteiger partial charge is 0.319 e. The van der Waals surface area contributed by atoms with E-state index in [9.17, 15) is 14.0 Å². The third kappa shape index (κ3) is 3.94. The van der Waals surface area contributed by atoms with Crippen LogP contribution < -0.4 is 5.32 Å². The molecule has 0 saturated carbocycles. The summed E-state index contributed by atoms with van der Waals surface area (Å²) < 4.78 is 16.5. The second kappa shape index (κ2) is 7.95. The minimum Gasteiger partial charge on any atom is -0.319 e. The Kier molecular flexibility index (Phi) is 5.20. The summed E-state index contributed by atoms with van der Waals surface area (Å²) in [5.74, 6) is -0.577. The van der Waals surface area contributed by atoms with E-state index in [0.717, 1.165) is 43.6 Å². The number of nitrogens with zero attached hydrogens (tertiary/aromatic N) is 3. The highest BCUT2D eigenvalue weighted by molar-refractivity contribution is 6.46. The summed E-state index contributed by atoms with van der Waals surface area (Å²) in [4.78, 5) is 24.7. The zero-order valence-electron chi connectivity index (χ0n) is 16.1. The summed E-state index contributed by atoms with van der Waals surface area (Å²) in [6.45, 7) is 2.64. The van der Waals surface area contributed by atoms with Gasteiger partial charge in [-0.1, -0.05) is 36.2 Å². The molecule has 0 aliphatic carbocycles. The number of halogens is 1. The zero-order valence-corrected chi connectivity index (χ0v) is 16.1. The number of aryl methyl sites for hydroxylation is 2. The second-order valence-electron chi connectivity index (χ2n) is 7.25. The van der Waals surface area contributed by atoms with Crippen LogP contribution in [0.1, 0.15) is 41.0 Å². The standard InChI is InChI=1S/C22H21FN4O2/c1-14-6-8-15(9-7-14)20(28)22(29)24-16-10-11-18(23)17(13-16)21-26-25-19-5-3-2-4-12-27(19)21/h6-11,13H,2-5,12H2,1H3,(H,24,29). The van der Waals surface area contributed by atoms with E-state index in [4.69, 9.17) is 0 Å². The molecule has 4 rings (SSSR count). The van der Waals surface area contributed by atoms with Crippen molar-refractivity contribution < 1.29 is 14.0 Å². The number of hydrogen-bond donors (Lipinski definition) is 1. The lowest BCUT2D eigenvalue weighted by atomic mass is 10.1. The number of Topliss-reactive ketones (excluding diaryl/α,β-unsaturated/α-hetero) is 1. The van der Waals surface area contributed by atoms with Crippen LogP contribution in [-0.4, -0.2) is 26.5 Å². The first-order valence-corrected chi connectivity index (χ1v) is 9.67. The topological polar surface area (TPSA) is 76.9 Å². The van der Waals surface area contributed by atoms with Crippen LogP contribution in [0, 0.1) is 12.7 Å². The van der Waals surface area contributed by atoms with Gasteiger partial charge in [-0.25, -0.2) is 4.39 Å². The van der Waals surface area contributed by atoms with Gasteiger partial charge in [-0.2, -0.15) is 0 Å². The molecule has 0 unspecified atom stereocenters. The maximum atomic E-state index is 14.5. The SMILES string of the molecule is Cc1ccc(C(=O)C(=O)Nc2ccc(F)c(-c3nnc4n3CCCCC4)c2)cc1. The molecule has 2 heterocycles. The lowest BCUT2D eigenvalue weighted by Crippen LogP contribution is -2.22. The molecule has 0 saturated heterocycles. The Labute approximate surface area is 167 Å².